The van der Waals surface area contributed by atoms with E-state index in [2.05, 4.69) is 15.3 Å². The van der Waals surface area contributed by atoms with Crippen molar-refractivity contribution in [2.24, 2.45) is 0 Å². The zero-order chi connectivity index (χ0) is 17.3. The number of nitrogens with zero attached hydrogens (tertiary/aromatic N) is 3. The van der Waals surface area contributed by atoms with Crippen molar-refractivity contribution in [1.29, 1.82) is 0 Å². The second kappa shape index (κ2) is 6.36. The lowest BCUT2D eigenvalue weighted by molar-refractivity contribution is 0.0720. The number of amides is 1. The van der Waals surface area contributed by atoms with Crippen molar-refractivity contribution in [2.75, 3.05) is 5.32 Å². The number of phenols is 1. The summed E-state index contributed by atoms with van der Waals surface area (Å²) in [5.74, 6) is -0.606. The Labute approximate surface area is 139 Å². The Balaban J connectivity index is 1.88. The second-order valence-electron chi connectivity index (χ2n) is 4.84. The number of anilines is 1. The fourth-order valence-electron chi connectivity index (χ4n) is 2.13. The lowest BCUT2D eigenvalue weighted by Gasteiger charge is -2.04. The van der Waals surface area contributed by atoms with Gasteiger partial charge in [0.05, 0.1) is 16.1 Å². The zero-order valence-electron chi connectivity index (χ0n) is 12.4. The maximum absolute atomic E-state index is 13.0. The average molecular weight is 350 g/mol. The third-order valence-corrected chi connectivity index (χ3v) is 4.32. The minimum Gasteiger partial charge on any atom is -0.507 e. The van der Waals surface area contributed by atoms with Crippen LogP contribution < -0.4 is 5.32 Å². The molecule has 0 fully saturated rings. The van der Waals surface area contributed by atoms with E-state index in [4.69, 9.17) is 0 Å². The van der Waals surface area contributed by atoms with Gasteiger partial charge >= 0.3 is 6.55 Å². The van der Waals surface area contributed by atoms with Crippen LogP contribution in [0.4, 0.5) is 13.9 Å². The van der Waals surface area contributed by atoms with Crippen molar-refractivity contribution in [3.8, 4) is 16.5 Å². The first-order valence-electron chi connectivity index (χ1n) is 6.85. The highest BCUT2D eigenvalue weighted by Crippen LogP contribution is 2.33. The van der Waals surface area contributed by atoms with Gasteiger partial charge in [-0.25, -0.2) is 9.97 Å². The standard InChI is InChI=1S/C15H12F2N4O2S/c1-8-11(12-18-6-7-21(12)14(16)17)24-15(19-8)20-13(23)9-4-2-3-5-10(9)22/h2-7,14,22H,1H3,(H,19,20,23). The van der Waals surface area contributed by atoms with Crippen LogP contribution in [0, 0.1) is 6.92 Å². The monoisotopic (exact) mass is 350 g/mol. The highest BCUT2D eigenvalue weighted by Gasteiger charge is 2.20. The number of aromatic hydroxyl groups is 1. The molecule has 2 aromatic heterocycles. The lowest BCUT2D eigenvalue weighted by atomic mass is 10.2. The molecular formula is C15H12F2N4O2S. The molecule has 6 nitrogen and oxygen atoms in total. The number of thiazole rings is 1. The number of rotatable bonds is 4. The maximum atomic E-state index is 13.0. The molecule has 0 atom stereocenters. The van der Waals surface area contributed by atoms with E-state index in [1.807, 2.05) is 0 Å². The van der Waals surface area contributed by atoms with Gasteiger partial charge in [0, 0.05) is 12.4 Å². The van der Waals surface area contributed by atoms with Crippen molar-refractivity contribution in [3.05, 3.63) is 47.9 Å². The largest absolute Gasteiger partial charge is 0.507 e. The van der Waals surface area contributed by atoms with Crippen LogP contribution >= 0.6 is 11.3 Å². The maximum Gasteiger partial charge on any atom is 0.320 e. The van der Waals surface area contributed by atoms with Crippen LogP contribution in [-0.4, -0.2) is 25.5 Å². The zero-order valence-corrected chi connectivity index (χ0v) is 13.2. The smallest absolute Gasteiger partial charge is 0.320 e. The minimum atomic E-state index is -2.72. The quantitative estimate of drug-likeness (QED) is 0.752. The van der Waals surface area contributed by atoms with Gasteiger partial charge in [-0.3, -0.25) is 14.7 Å². The number of benzene rings is 1. The molecule has 2 N–H and O–H groups in total. The van der Waals surface area contributed by atoms with Gasteiger partial charge in [0.25, 0.3) is 5.91 Å². The molecule has 1 amide bonds. The van der Waals surface area contributed by atoms with Gasteiger partial charge < -0.3 is 5.11 Å². The number of carbonyl (C=O) groups excluding carboxylic acids is 1. The second-order valence-corrected chi connectivity index (χ2v) is 5.84. The number of hydrogen-bond donors (Lipinski definition) is 2. The number of para-hydroxylation sites is 1. The Kier molecular flexibility index (Phi) is 4.26. The van der Waals surface area contributed by atoms with Gasteiger partial charge in [-0.15, -0.1) is 0 Å². The van der Waals surface area contributed by atoms with Crippen LogP contribution in [0.25, 0.3) is 10.7 Å². The van der Waals surface area contributed by atoms with Gasteiger partial charge in [-0.05, 0) is 19.1 Å². The predicted octanol–water partition coefficient (Wildman–Crippen LogP) is 3.67. The summed E-state index contributed by atoms with van der Waals surface area (Å²) in [6.45, 7) is -1.07. The van der Waals surface area contributed by atoms with Crippen molar-refractivity contribution >= 4 is 22.4 Å². The Morgan fingerprint density at radius 2 is 2.12 bits per heavy atom. The van der Waals surface area contributed by atoms with Crippen LogP contribution in [0.5, 0.6) is 5.75 Å². The Morgan fingerprint density at radius 3 is 2.83 bits per heavy atom. The average Bonchev–Trinajstić information content (AvgIpc) is 3.14. The summed E-state index contributed by atoms with van der Waals surface area (Å²) in [6.07, 6.45) is 2.46. The van der Waals surface area contributed by atoms with E-state index in [9.17, 15) is 18.7 Å². The van der Waals surface area contributed by atoms with E-state index in [1.165, 1.54) is 24.5 Å². The molecule has 0 spiro atoms. The van der Waals surface area contributed by atoms with E-state index >= 15 is 0 Å². The fourth-order valence-corrected chi connectivity index (χ4v) is 3.10. The highest BCUT2D eigenvalue weighted by molar-refractivity contribution is 7.19. The van der Waals surface area contributed by atoms with Gasteiger partial charge in [-0.1, -0.05) is 23.5 Å². The summed E-state index contributed by atoms with van der Waals surface area (Å²) in [5.41, 5.74) is 0.571. The number of nitrogens with one attached hydrogen (secondary N) is 1. The summed E-state index contributed by atoms with van der Waals surface area (Å²) in [4.78, 5) is 20.7. The van der Waals surface area contributed by atoms with Gasteiger partial charge in [0.15, 0.2) is 11.0 Å². The number of alkyl halides is 2. The molecule has 0 aliphatic heterocycles. The molecule has 2 heterocycles. The summed E-state index contributed by atoms with van der Waals surface area (Å²) in [7, 11) is 0. The van der Waals surface area contributed by atoms with E-state index in [0.29, 0.717) is 10.6 Å². The Morgan fingerprint density at radius 1 is 1.38 bits per heavy atom. The first-order valence-corrected chi connectivity index (χ1v) is 7.67. The molecular weight excluding hydrogens is 338 g/mol. The third kappa shape index (κ3) is 2.98. The number of imidazole rings is 1. The van der Waals surface area contributed by atoms with E-state index in [1.54, 1.807) is 19.1 Å². The van der Waals surface area contributed by atoms with Crippen LogP contribution in [-0.2, 0) is 0 Å². The Hall–Kier alpha value is -2.81. The number of carbonyl (C=O) groups is 1. The first-order chi connectivity index (χ1) is 11.5. The van der Waals surface area contributed by atoms with Gasteiger partial charge in [0.1, 0.15) is 5.75 Å². The Bertz CT molecular complexity index is 891. The molecule has 0 bridgehead atoms. The molecule has 0 radical (unpaired) electrons. The number of aryl methyl sites for hydroxylation is 1. The molecule has 124 valence electrons. The normalized spacial score (nSPS) is 11.0. The first kappa shape index (κ1) is 16.1. The van der Waals surface area contributed by atoms with Crippen LogP contribution in [0.3, 0.4) is 0 Å². The summed E-state index contributed by atoms with van der Waals surface area (Å²) in [6, 6.07) is 6.08. The van der Waals surface area contributed by atoms with Crippen molar-refractivity contribution in [2.45, 2.75) is 13.5 Å². The highest BCUT2D eigenvalue weighted by atomic mass is 32.1. The number of halogens is 2. The summed E-state index contributed by atoms with van der Waals surface area (Å²) >= 11 is 1.04. The molecule has 3 aromatic rings. The lowest BCUT2D eigenvalue weighted by Crippen LogP contribution is -2.11. The van der Waals surface area contributed by atoms with Crippen molar-refractivity contribution in [3.63, 3.8) is 0 Å². The molecule has 0 saturated heterocycles. The van der Waals surface area contributed by atoms with E-state index in [-0.39, 0.29) is 22.3 Å². The SMILES string of the molecule is Cc1nc(NC(=O)c2ccccc2O)sc1-c1nccn1C(F)F. The number of aromatic nitrogens is 3. The molecule has 24 heavy (non-hydrogen) atoms. The molecule has 3 rings (SSSR count). The van der Waals surface area contributed by atoms with Crippen LogP contribution in [0.15, 0.2) is 36.7 Å². The van der Waals surface area contributed by atoms with E-state index in [0.717, 1.165) is 15.9 Å². The van der Waals surface area contributed by atoms with E-state index < -0.39 is 12.5 Å². The summed E-state index contributed by atoms with van der Waals surface area (Å²) in [5, 5.41) is 12.5. The molecule has 0 aliphatic rings. The molecule has 0 saturated carbocycles. The minimum absolute atomic E-state index is 0.0862. The third-order valence-electron chi connectivity index (χ3n) is 3.25. The van der Waals surface area contributed by atoms with Crippen molar-refractivity contribution in [1.82, 2.24) is 14.5 Å². The fraction of sp³-hybridized carbons (Fsp3) is 0.133. The topological polar surface area (TPSA) is 80.0 Å². The number of phenolic OH excluding ortho intramolecular Hbond substituents is 1. The van der Waals surface area contributed by atoms with Gasteiger partial charge in [0.2, 0.25) is 0 Å². The molecule has 9 heteroatoms. The predicted molar refractivity (Wildman–Crippen MR) is 85.4 cm³/mol. The van der Waals surface area contributed by atoms with Crippen molar-refractivity contribution < 1.29 is 18.7 Å². The molecule has 0 unspecified atom stereocenters. The summed E-state index contributed by atoms with van der Waals surface area (Å²) < 4.78 is 26.7. The van der Waals surface area contributed by atoms with Gasteiger partial charge in [-0.2, -0.15) is 8.78 Å². The van der Waals surface area contributed by atoms with Crippen LogP contribution in [0.2, 0.25) is 0 Å². The molecule has 0 aliphatic carbocycles. The number of hydrogen-bond acceptors (Lipinski definition) is 5. The molecule has 1 aromatic carbocycles. The van der Waals surface area contributed by atoms with Crippen LogP contribution in [0.1, 0.15) is 22.6 Å².